The molecule has 178 valence electrons. The molecule has 0 spiro atoms. The van der Waals surface area contributed by atoms with Crippen molar-refractivity contribution in [2.75, 3.05) is 0 Å². The molecule has 6 heteroatoms. The number of nitrogens with two attached hydrogens (primary N) is 1. The third-order valence-corrected chi connectivity index (χ3v) is 5.58. The van der Waals surface area contributed by atoms with E-state index in [9.17, 15) is 9.59 Å². The van der Waals surface area contributed by atoms with Gasteiger partial charge in [-0.2, -0.15) is 0 Å². The molecule has 5 nitrogen and oxygen atoms in total. The lowest BCUT2D eigenvalue weighted by atomic mass is 9.79. The van der Waals surface area contributed by atoms with E-state index in [1.807, 2.05) is 79.7 Å². The first-order valence-corrected chi connectivity index (χ1v) is 11.5. The second-order valence-electron chi connectivity index (χ2n) is 9.21. The maximum absolute atomic E-state index is 13.4. The highest BCUT2D eigenvalue weighted by atomic mass is 35.5. The van der Waals surface area contributed by atoms with Crippen molar-refractivity contribution < 1.29 is 19.1 Å². The van der Waals surface area contributed by atoms with E-state index in [1.165, 1.54) is 0 Å². The van der Waals surface area contributed by atoms with Gasteiger partial charge in [-0.25, -0.2) is 0 Å². The van der Waals surface area contributed by atoms with Gasteiger partial charge < -0.3 is 15.2 Å². The quantitative estimate of drug-likeness (QED) is 0.355. The van der Waals surface area contributed by atoms with Crippen molar-refractivity contribution in [1.29, 1.82) is 0 Å². The Kier molecular flexibility index (Phi) is 7.80. The molecule has 0 heterocycles. The van der Waals surface area contributed by atoms with Crippen molar-refractivity contribution in [2.45, 2.75) is 51.4 Å². The SMILES string of the molecule is Cc1ccc(C(OC(=O)[C@@H](N)CC(=O)OC(C)(C)C)(c2ccccc2)c2ccccc2Cl)cc1. The molecule has 0 radical (unpaired) electrons. The molecule has 0 aliphatic heterocycles. The van der Waals surface area contributed by atoms with Crippen LogP contribution in [0, 0.1) is 6.92 Å². The zero-order valence-electron chi connectivity index (χ0n) is 19.9. The van der Waals surface area contributed by atoms with Crippen LogP contribution in [0.5, 0.6) is 0 Å². The molecule has 2 atom stereocenters. The molecular weight excluding hydrogens is 450 g/mol. The number of benzene rings is 3. The zero-order valence-corrected chi connectivity index (χ0v) is 20.6. The molecule has 1 unspecified atom stereocenters. The molecule has 3 rings (SSSR count). The summed E-state index contributed by atoms with van der Waals surface area (Å²) in [6.45, 7) is 7.24. The first-order valence-electron chi connectivity index (χ1n) is 11.1. The molecule has 0 fully saturated rings. The largest absolute Gasteiger partial charge is 0.460 e. The summed E-state index contributed by atoms with van der Waals surface area (Å²) in [7, 11) is 0. The summed E-state index contributed by atoms with van der Waals surface area (Å²) in [5.41, 5.74) is 7.11. The highest BCUT2D eigenvalue weighted by Crippen LogP contribution is 2.43. The van der Waals surface area contributed by atoms with Gasteiger partial charge in [0.25, 0.3) is 0 Å². The lowest BCUT2D eigenvalue weighted by Crippen LogP contribution is -2.43. The summed E-state index contributed by atoms with van der Waals surface area (Å²) in [5, 5.41) is 0.431. The van der Waals surface area contributed by atoms with Crippen LogP contribution in [0.3, 0.4) is 0 Å². The average Bonchev–Trinajstić information content (AvgIpc) is 2.77. The van der Waals surface area contributed by atoms with E-state index in [0.717, 1.165) is 5.56 Å². The lowest BCUT2D eigenvalue weighted by molar-refractivity contribution is -0.162. The number of hydrogen-bond donors (Lipinski definition) is 1. The summed E-state index contributed by atoms with van der Waals surface area (Å²) in [6.07, 6.45) is -0.308. The van der Waals surface area contributed by atoms with Crippen LogP contribution < -0.4 is 5.73 Å². The maximum Gasteiger partial charge on any atom is 0.325 e. The lowest BCUT2D eigenvalue weighted by Gasteiger charge is -2.36. The average molecular weight is 480 g/mol. The van der Waals surface area contributed by atoms with Crippen molar-refractivity contribution >= 4 is 23.5 Å². The Bertz CT molecular complexity index is 1140. The van der Waals surface area contributed by atoms with Gasteiger partial charge in [0.2, 0.25) is 0 Å². The van der Waals surface area contributed by atoms with Gasteiger partial charge in [-0.05, 0) is 33.8 Å². The second kappa shape index (κ2) is 10.4. The molecule has 0 aliphatic carbocycles. The first-order chi connectivity index (χ1) is 16.0. The molecule has 0 aliphatic rings. The molecule has 0 aromatic heterocycles. The van der Waals surface area contributed by atoms with Crippen LogP contribution in [0.1, 0.15) is 49.4 Å². The van der Waals surface area contributed by atoms with Gasteiger partial charge in [0.15, 0.2) is 5.60 Å². The maximum atomic E-state index is 13.4. The molecular formula is C28H30ClNO4. The monoisotopic (exact) mass is 479 g/mol. The van der Waals surface area contributed by atoms with Crippen LogP contribution in [0.2, 0.25) is 5.02 Å². The van der Waals surface area contributed by atoms with Crippen molar-refractivity contribution in [3.8, 4) is 0 Å². The van der Waals surface area contributed by atoms with E-state index in [0.29, 0.717) is 21.7 Å². The van der Waals surface area contributed by atoms with E-state index < -0.39 is 29.2 Å². The van der Waals surface area contributed by atoms with E-state index >= 15 is 0 Å². The Balaban J connectivity index is 2.11. The fourth-order valence-electron chi connectivity index (χ4n) is 3.73. The minimum atomic E-state index is -1.38. The predicted octanol–water partition coefficient (Wildman–Crippen LogP) is 5.54. The van der Waals surface area contributed by atoms with Crippen molar-refractivity contribution in [2.24, 2.45) is 5.73 Å². The Morgan fingerprint density at radius 3 is 2.00 bits per heavy atom. The first kappa shape index (κ1) is 25.5. The molecule has 2 N–H and O–H groups in total. The number of esters is 2. The van der Waals surface area contributed by atoms with E-state index in [4.69, 9.17) is 26.8 Å². The minimum absolute atomic E-state index is 0.308. The van der Waals surface area contributed by atoms with Crippen LogP contribution in [0.4, 0.5) is 0 Å². The summed E-state index contributed by atoms with van der Waals surface area (Å²) < 4.78 is 11.6. The number of halogens is 1. The van der Waals surface area contributed by atoms with E-state index in [2.05, 4.69) is 0 Å². The second-order valence-corrected chi connectivity index (χ2v) is 9.62. The van der Waals surface area contributed by atoms with Crippen LogP contribution in [-0.2, 0) is 24.7 Å². The summed E-state index contributed by atoms with van der Waals surface area (Å²) in [6, 6.07) is 23.0. The Hall–Kier alpha value is -3.15. The van der Waals surface area contributed by atoms with Gasteiger partial charge >= 0.3 is 11.9 Å². The molecule has 3 aromatic carbocycles. The van der Waals surface area contributed by atoms with Gasteiger partial charge in [0.05, 0.1) is 6.42 Å². The molecule has 0 amide bonds. The topological polar surface area (TPSA) is 78.6 Å². The number of carbonyl (C=O) groups is 2. The Morgan fingerprint density at radius 2 is 1.41 bits per heavy atom. The summed E-state index contributed by atoms with van der Waals surface area (Å²) in [5.74, 6) is -1.31. The fourth-order valence-corrected chi connectivity index (χ4v) is 4.00. The van der Waals surface area contributed by atoms with Crippen LogP contribution >= 0.6 is 11.6 Å². The summed E-state index contributed by atoms with van der Waals surface area (Å²) in [4.78, 5) is 25.7. The fraction of sp³-hybridized carbons (Fsp3) is 0.286. The number of carbonyl (C=O) groups excluding carboxylic acids is 2. The van der Waals surface area contributed by atoms with Crippen molar-refractivity contribution in [1.82, 2.24) is 0 Å². The van der Waals surface area contributed by atoms with Crippen molar-refractivity contribution in [3.63, 3.8) is 0 Å². The molecule has 0 saturated heterocycles. The third kappa shape index (κ3) is 5.85. The van der Waals surface area contributed by atoms with Crippen LogP contribution in [0.15, 0.2) is 78.9 Å². The molecule has 0 bridgehead atoms. The Labute approximate surface area is 205 Å². The Morgan fingerprint density at radius 1 is 0.853 bits per heavy atom. The molecule has 3 aromatic rings. The van der Waals surface area contributed by atoms with Gasteiger partial charge in [-0.1, -0.05) is 90.0 Å². The number of rotatable bonds is 7. The van der Waals surface area contributed by atoms with Gasteiger partial charge in [0, 0.05) is 21.7 Å². The van der Waals surface area contributed by atoms with Gasteiger partial charge in [0.1, 0.15) is 11.6 Å². The van der Waals surface area contributed by atoms with Gasteiger partial charge in [-0.15, -0.1) is 0 Å². The summed E-state index contributed by atoms with van der Waals surface area (Å²) >= 11 is 6.66. The van der Waals surface area contributed by atoms with Gasteiger partial charge in [-0.3, -0.25) is 9.59 Å². The minimum Gasteiger partial charge on any atom is -0.460 e. The van der Waals surface area contributed by atoms with Crippen LogP contribution in [0.25, 0.3) is 0 Å². The highest BCUT2D eigenvalue weighted by Gasteiger charge is 2.43. The molecule has 0 saturated carbocycles. The zero-order chi connectivity index (χ0) is 24.9. The third-order valence-electron chi connectivity index (χ3n) is 5.25. The smallest absolute Gasteiger partial charge is 0.325 e. The number of aryl methyl sites for hydroxylation is 1. The van der Waals surface area contributed by atoms with Crippen LogP contribution in [-0.4, -0.2) is 23.6 Å². The molecule has 34 heavy (non-hydrogen) atoms. The predicted molar refractivity (Wildman–Crippen MR) is 133 cm³/mol. The van der Waals surface area contributed by atoms with E-state index in [-0.39, 0.29) is 6.42 Å². The van der Waals surface area contributed by atoms with E-state index in [1.54, 1.807) is 26.8 Å². The number of ether oxygens (including phenoxy) is 2. The standard InChI is InChI=1S/C28H30ClNO4/c1-19-14-16-21(17-15-19)28(20-10-6-5-7-11-20,22-12-8-9-13-23(22)29)34-26(32)24(30)18-25(31)33-27(2,3)4/h5-17,24H,18,30H2,1-4H3/t24-,28?/m0/s1. The highest BCUT2D eigenvalue weighted by molar-refractivity contribution is 6.31. The normalized spacial score (nSPS) is 14.1. The van der Waals surface area contributed by atoms with Crippen molar-refractivity contribution in [3.05, 3.63) is 106 Å². The number of hydrogen-bond acceptors (Lipinski definition) is 5.